The highest BCUT2D eigenvalue weighted by Crippen LogP contribution is 2.40. The number of benzene rings is 4. The smallest absolute Gasteiger partial charge is 0.382 e. The Morgan fingerprint density at radius 2 is 0.644 bits per heavy atom. The van der Waals surface area contributed by atoms with Gasteiger partial charge in [-0.1, -0.05) is 111 Å². The van der Waals surface area contributed by atoms with Gasteiger partial charge in [-0.25, -0.2) is 0 Å². The first-order valence-electron chi connectivity index (χ1n) is 16.5. The second-order valence-corrected chi connectivity index (χ2v) is 12.0. The lowest BCUT2D eigenvalue weighted by Gasteiger charge is -2.44. The van der Waals surface area contributed by atoms with E-state index >= 15 is 0 Å². The first-order valence-corrected chi connectivity index (χ1v) is 16.5. The fraction of sp³-hybridized carbons (Fsp3) is 0.385. The molecular formula is C39H44O6. The van der Waals surface area contributed by atoms with Gasteiger partial charge in [0.05, 0.1) is 12.2 Å². The molecule has 0 spiro atoms. The predicted molar refractivity (Wildman–Crippen MR) is 174 cm³/mol. The van der Waals surface area contributed by atoms with E-state index in [1.165, 1.54) is 12.8 Å². The number of rotatable bonds is 14. The van der Waals surface area contributed by atoms with Gasteiger partial charge in [0.25, 0.3) is 0 Å². The van der Waals surface area contributed by atoms with Crippen molar-refractivity contribution in [3.05, 3.63) is 121 Å². The molecule has 4 aromatic rings. The summed E-state index contributed by atoms with van der Waals surface area (Å²) < 4.78 is 41.4. The molecule has 6 nitrogen and oxygen atoms in total. The molecule has 2 saturated carbocycles. The third-order valence-corrected chi connectivity index (χ3v) is 8.30. The van der Waals surface area contributed by atoms with Crippen molar-refractivity contribution < 1.29 is 28.4 Å². The lowest BCUT2D eigenvalue weighted by atomic mass is 9.97. The van der Waals surface area contributed by atoms with Gasteiger partial charge in [0, 0.05) is 0 Å². The van der Waals surface area contributed by atoms with Crippen LogP contribution in [0.5, 0.6) is 23.0 Å². The fourth-order valence-corrected chi connectivity index (χ4v) is 6.18. The first kappa shape index (κ1) is 31.0. The molecule has 0 aromatic heterocycles. The van der Waals surface area contributed by atoms with Gasteiger partial charge in [-0.2, -0.15) is 0 Å². The Balaban J connectivity index is 1.47. The topological polar surface area (TPSA) is 55.4 Å². The summed E-state index contributed by atoms with van der Waals surface area (Å²) in [7, 11) is 0. The first-order chi connectivity index (χ1) is 22.2. The Hall–Kier alpha value is -4.00. The van der Waals surface area contributed by atoms with Crippen LogP contribution >= 0.6 is 0 Å². The van der Waals surface area contributed by atoms with Crippen LogP contribution in [0.3, 0.4) is 0 Å². The zero-order valence-electron chi connectivity index (χ0n) is 25.9. The molecule has 236 valence electrons. The van der Waals surface area contributed by atoms with Crippen molar-refractivity contribution in [1.82, 2.24) is 0 Å². The highest BCUT2D eigenvalue weighted by atomic mass is 16.9. The quantitative estimate of drug-likeness (QED) is 0.133. The minimum atomic E-state index is -1.66. The Kier molecular flexibility index (Phi) is 10.6. The van der Waals surface area contributed by atoms with Crippen LogP contribution in [0.25, 0.3) is 0 Å². The Labute approximate surface area is 267 Å². The second-order valence-electron chi connectivity index (χ2n) is 12.0. The third kappa shape index (κ3) is 9.03. The van der Waals surface area contributed by atoms with E-state index in [2.05, 4.69) is 0 Å². The van der Waals surface area contributed by atoms with Crippen molar-refractivity contribution in [1.29, 1.82) is 0 Å². The summed E-state index contributed by atoms with van der Waals surface area (Å²) in [5.41, 5.74) is 0. The number of hydrogen-bond donors (Lipinski definition) is 0. The lowest BCUT2D eigenvalue weighted by Crippen LogP contribution is -2.59. The van der Waals surface area contributed by atoms with Crippen molar-refractivity contribution in [3.8, 4) is 23.0 Å². The molecule has 0 bridgehead atoms. The molecule has 0 amide bonds. The molecular weight excluding hydrogens is 564 g/mol. The zero-order valence-corrected chi connectivity index (χ0v) is 25.9. The minimum Gasteiger partial charge on any atom is -0.430 e. The summed E-state index contributed by atoms with van der Waals surface area (Å²) in [6, 6.07) is 38.6. The van der Waals surface area contributed by atoms with E-state index in [9.17, 15) is 0 Å². The van der Waals surface area contributed by atoms with Crippen LogP contribution in [0.2, 0.25) is 0 Å². The van der Waals surface area contributed by atoms with Crippen LogP contribution in [0.15, 0.2) is 121 Å². The van der Waals surface area contributed by atoms with E-state index < -0.39 is 11.9 Å². The van der Waals surface area contributed by atoms with Gasteiger partial charge in [-0.15, -0.1) is 0 Å². The molecule has 0 N–H and O–H groups in total. The van der Waals surface area contributed by atoms with Crippen LogP contribution in [0, 0.1) is 0 Å². The van der Waals surface area contributed by atoms with Gasteiger partial charge >= 0.3 is 11.9 Å². The normalized spacial score (nSPS) is 16.5. The molecule has 0 unspecified atom stereocenters. The Bertz CT molecular complexity index is 1190. The summed E-state index contributed by atoms with van der Waals surface area (Å²) in [6.45, 7) is 0. The number of para-hydroxylation sites is 4. The zero-order chi connectivity index (χ0) is 30.6. The lowest BCUT2D eigenvalue weighted by molar-refractivity contribution is -0.403. The van der Waals surface area contributed by atoms with Crippen LogP contribution in [-0.2, 0) is 9.47 Å². The van der Waals surface area contributed by atoms with Crippen molar-refractivity contribution in [2.24, 2.45) is 0 Å². The second kappa shape index (κ2) is 15.3. The Morgan fingerprint density at radius 3 is 0.911 bits per heavy atom. The highest BCUT2D eigenvalue weighted by molar-refractivity contribution is 5.26. The standard InChI is InChI=1S/C39H44O6/c1-7-19-32(20-8-1)40-38(41-33-21-9-2-10-22-33,42-34-23-11-3-12-24-34)31-39(43-35-25-13-4-14-26-35,44-36-27-15-5-16-28-36)45-37-29-17-6-18-30-37/h1-2,4-5,7-10,13-16,19-22,25-28,34,37H,3,6,11-12,17-18,23-24,29-31H2. The van der Waals surface area contributed by atoms with Crippen LogP contribution in [-0.4, -0.2) is 24.2 Å². The maximum absolute atomic E-state index is 7.02. The molecule has 4 aromatic carbocycles. The van der Waals surface area contributed by atoms with Crippen LogP contribution in [0.1, 0.15) is 70.6 Å². The van der Waals surface area contributed by atoms with E-state index in [0.717, 1.165) is 51.4 Å². The maximum Gasteiger partial charge on any atom is 0.382 e. The molecule has 0 heterocycles. The average molecular weight is 609 g/mol. The van der Waals surface area contributed by atoms with Gasteiger partial charge in [0.2, 0.25) is 0 Å². The molecule has 2 aliphatic carbocycles. The van der Waals surface area contributed by atoms with Crippen molar-refractivity contribution in [3.63, 3.8) is 0 Å². The van der Waals surface area contributed by atoms with Gasteiger partial charge in [0.15, 0.2) is 6.42 Å². The molecule has 0 saturated heterocycles. The average Bonchev–Trinajstić information content (AvgIpc) is 3.07. The molecule has 0 aliphatic heterocycles. The molecule has 0 radical (unpaired) electrons. The Morgan fingerprint density at radius 1 is 0.378 bits per heavy atom. The molecule has 6 rings (SSSR count). The van der Waals surface area contributed by atoms with Crippen LogP contribution in [0.4, 0.5) is 0 Å². The van der Waals surface area contributed by atoms with E-state index in [-0.39, 0.29) is 18.6 Å². The van der Waals surface area contributed by atoms with E-state index in [0.29, 0.717) is 23.0 Å². The molecule has 0 atom stereocenters. The summed E-state index contributed by atoms with van der Waals surface area (Å²) in [5.74, 6) is -0.901. The molecule has 6 heteroatoms. The predicted octanol–water partition coefficient (Wildman–Crippen LogP) is 9.70. The van der Waals surface area contributed by atoms with Crippen molar-refractivity contribution in [2.75, 3.05) is 0 Å². The van der Waals surface area contributed by atoms with E-state index in [4.69, 9.17) is 28.4 Å². The third-order valence-electron chi connectivity index (χ3n) is 8.30. The van der Waals surface area contributed by atoms with Crippen molar-refractivity contribution >= 4 is 0 Å². The SMILES string of the molecule is c1ccc(OC(CC(Oc2ccccc2)(Oc2ccccc2)OC2CCCCC2)(Oc2ccccc2)OC2CCCCC2)cc1. The highest BCUT2D eigenvalue weighted by Gasteiger charge is 2.54. The summed E-state index contributed by atoms with van der Waals surface area (Å²) >= 11 is 0. The minimum absolute atomic E-state index is 0.0411. The number of ether oxygens (including phenoxy) is 6. The van der Waals surface area contributed by atoms with Gasteiger partial charge in [0.1, 0.15) is 23.0 Å². The monoisotopic (exact) mass is 608 g/mol. The largest absolute Gasteiger partial charge is 0.430 e. The van der Waals surface area contributed by atoms with Gasteiger partial charge < -0.3 is 28.4 Å². The van der Waals surface area contributed by atoms with Gasteiger partial charge in [-0.3, -0.25) is 0 Å². The molecule has 45 heavy (non-hydrogen) atoms. The fourth-order valence-electron chi connectivity index (χ4n) is 6.18. The molecule has 2 aliphatic rings. The number of hydrogen-bond acceptors (Lipinski definition) is 6. The summed E-state index contributed by atoms with van der Waals surface area (Å²) in [6.07, 6.45) is 10.2. The van der Waals surface area contributed by atoms with E-state index in [1.54, 1.807) is 0 Å². The molecule has 2 fully saturated rings. The van der Waals surface area contributed by atoms with Gasteiger partial charge in [-0.05, 0) is 74.2 Å². The summed E-state index contributed by atoms with van der Waals surface area (Å²) in [5, 5.41) is 0. The summed E-state index contributed by atoms with van der Waals surface area (Å²) in [4.78, 5) is 0. The van der Waals surface area contributed by atoms with Crippen LogP contribution < -0.4 is 18.9 Å². The van der Waals surface area contributed by atoms with Crippen molar-refractivity contribution in [2.45, 2.75) is 94.8 Å². The maximum atomic E-state index is 7.02. The van der Waals surface area contributed by atoms with E-state index in [1.807, 2.05) is 121 Å².